The summed E-state index contributed by atoms with van der Waals surface area (Å²) < 4.78 is 29.1. The van der Waals surface area contributed by atoms with E-state index in [4.69, 9.17) is 0 Å². The van der Waals surface area contributed by atoms with Gasteiger partial charge in [0.05, 0.1) is 4.90 Å². The second-order valence-corrected chi connectivity index (χ2v) is 8.15. The number of nitrogens with zero attached hydrogens (tertiary/aromatic N) is 2. The van der Waals surface area contributed by atoms with Gasteiger partial charge in [-0.25, -0.2) is 13.1 Å². The summed E-state index contributed by atoms with van der Waals surface area (Å²) >= 11 is 1.95. The first-order chi connectivity index (χ1) is 10.0. The van der Waals surface area contributed by atoms with Crippen molar-refractivity contribution in [3.63, 3.8) is 0 Å². The maximum absolute atomic E-state index is 12.3. The molecule has 2 rings (SSSR count). The van der Waals surface area contributed by atoms with Crippen LogP contribution in [-0.2, 0) is 23.6 Å². The highest BCUT2D eigenvalue weighted by Gasteiger charge is 2.18. The van der Waals surface area contributed by atoms with Gasteiger partial charge in [0.2, 0.25) is 10.0 Å². The molecule has 0 radical (unpaired) electrons. The average molecular weight is 332 g/mol. The predicted octanol–water partition coefficient (Wildman–Crippen LogP) is 0.0716. The Morgan fingerprint density at radius 2 is 2.05 bits per heavy atom. The lowest BCUT2D eigenvalue weighted by Gasteiger charge is -2.25. The summed E-state index contributed by atoms with van der Waals surface area (Å²) in [7, 11) is 0.290. The maximum atomic E-state index is 12.3. The van der Waals surface area contributed by atoms with Gasteiger partial charge in [-0.05, 0) is 13.1 Å². The second kappa shape index (κ2) is 7.64. The van der Waals surface area contributed by atoms with E-state index >= 15 is 0 Å². The fraction of sp³-hybridized carbons (Fsp3) is 0.692. The Hall–Kier alpha value is -0.540. The third kappa shape index (κ3) is 4.72. The van der Waals surface area contributed by atoms with Crippen LogP contribution in [0.5, 0.6) is 0 Å². The van der Waals surface area contributed by atoms with Crippen molar-refractivity contribution in [2.24, 2.45) is 7.05 Å². The van der Waals surface area contributed by atoms with Crippen LogP contribution in [0.15, 0.2) is 17.2 Å². The summed E-state index contributed by atoms with van der Waals surface area (Å²) in [5, 5.41) is 3.03. The van der Waals surface area contributed by atoms with E-state index in [1.165, 1.54) is 0 Å². The second-order valence-electron chi connectivity index (χ2n) is 5.16. The lowest BCUT2D eigenvalue weighted by molar-refractivity contribution is 0.307. The van der Waals surface area contributed by atoms with Gasteiger partial charge < -0.3 is 14.8 Å². The standard InChI is InChI=1S/C13H24N4O2S2/c1-14-10-12-9-13(11-16(12)2)21(18,19)15-3-4-17-5-7-20-8-6-17/h9,11,14-15H,3-8,10H2,1-2H3. The Kier molecular flexibility index (Phi) is 6.12. The number of nitrogens with one attached hydrogen (secondary N) is 2. The Morgan fingerprint density at radius 3 is 2.71 bits per heavy atom. The van der Waals surface area contributed by atoms with Gasteiger partial charge in [0.1, 0.15) is 0 Å². The highest BCUT2D eigenvalue weighted by Crippen LogP contribution is 2.13. The molecule has 1 aromatic heterocycles. The van der Waals surface area contributed by atoms with Crippen LogP contribution >= 0.6 is 11.8 Å². The summed E-state index contributed by atoms with van der Waals surface area (Å²) in [6.45, 7) is 3.98. The largest absolute Gasteiger partial charge is 0.352 e. The van der Waals surface area contributed by atoms with Crippen molar-refractivity contribution in [3.05, 3.63) is 18.0 Å². The summed E-state index contributed by atoms with van der Waals surface area (Å²) in [6, 6.07) is 1.72. The topological polar surface area (TPSA) is 66.4 Å². The van der Waals surface area contributed by atoms with Crippen molar-refractivity contribution in [1.29, 1.82) is 0 Å². The van der Waals surface area contributed by atoms with Gasteiger partial charge in [-0.2, -0.15) is 11.8 Å². The Morgan fingerprint density at radius 1 is 1.33 bits per heavy atom. The van der Waals surface area contributed by atoms with Gasteiger partial charge in [0.25, 0.3) is 0 Å². The molecule has 0 bridgehead atoms. The maximum Gasteiger partial charge on any atom is 0.242 e. The molecule has 1 aliphatic rings. The molecule has 1 fully saturated rings. The van der Waals surface area contributed by atoms with E-state index in [1.54, 1.807) is 12.3 Å². The predicted molar refractivity (Wildman–Crippen MR) is 87.1 cm³/mol. The molecular weight excluding hydrogens is 308 g/mol. The molecule has 0 aromatic carbocycles. The van der Waals surface area contributed by atoms with Gasteiger partial charge in [-0.3, -0.25) is 0 Å². The molecule has 1 aliphatic heterocycles. The lowest BCUT2D eigenvalue weighted by atomic mass is 10.4. The summed E-state index contributed by atoms with van der Waals surface area (Å²) in [5.41, 5.74) is 0.950. The van der Waals surface area contributed by atoms with Crippen molar-refractivity contribution in [2.75, 3.05) is 44.7 Å². The molecule has 1 aromatic rings. The molecule has 2 N–H and O–H groups in total. The van der Waals surface area contributed by atoms with E-state index in [1.807, 2.05) is 30.4 Å². The molecule has 1 saturated heterocycles. The van der Waals surface area contributed by atoms with Gasteiger partial charge in [-0.1, -0.05) is 0 Å². The molecule has 0 unspecified atom stereocenters. The first kappa shape index (κ1) is 16.8. The first-order valence-electron chi connectivity index (χ1n) is 7.12. The molecule has 21 heavy (non-hydrogen) atoms. The third-order valence-electron chi connectivity index (χ3n) is 3.57. The molecule has 6 nitrogen and oxygen atoms in total. The number of aryl methyl sites for hydroxylation is 1. The Labute approximate surface area is 131 Å². The first-order valence-corrected chi connectivity index (χ1v) is 9.76. The van der Waals surface area contributed by atoms with Gasteiger partial charge in [-0.15, -0.1) is 0 Å². The molecule has 0 spiro atoms. The number of rotatable bonds is 7. The van der Waals surface area contributed by atoms with Crippen molar-refractivity contribution in [3.8, 4) is 0 Å². The van der Waals surface area contributed by atoms with E-state index in [9.17, 15) is 8.42 Å². The molecule has 2 heterocycles. The molecule has 120 valence electrons. The van der Waals surface area contributed by atoms with E-state index in [0.29, 0.717) is 18.0 Å². The van der Waals surface area contributed by atoms with Gasteiger partial charge in [0.15, 0.2) is 0 Å². The van der Waals surface area contributed by atoms with Gasteiger partial charge in [0, 0.05) is 63.2 Å². The number of thioether (sulfide) groups is 1. The van der Waals surface area contributed by atoms with Crippen LogP contribution in [-0.4, -0.2) is 62.6 Å². The quantitative estimate of drug-likeness (QED) is 0.740. The van der Waals surface area contributed by atoms with Crippen molar-refractivity contribution < 1.29 is 8.42 Å². The van der Waals surface area contributed by atoms with Crippen molar-refractivity contribution >= 4 is 21.8 Å². The minimum absolute atomic E-state index is 0.337. The lowest BCUT2D eigenvalue weighted by Crippen LogP contribution is -2.39. The molecule has 0 aliphatic carbocycles. The molecule has 8 heteroatoms. The summed E-state index contributed by atoms with van der Waals surface area (Å²) in [6.07, 6.45) is 1.66. The fourth-order valence-corrected chi connectivity index (χ4v) is 4.42. The van der Waals surface area contributed by atoms with Crippen LogP contribution in [0.4, 0.5) is 0 Å². The van der Waals surface area contributed by atoms with E-state index in [2.05, 4.69) is 14.9 Å². The van der Waals surface area contributed by atoms with Crippen LogP contribution in [0.1, 0.15) is 5.69 Å². The van der Waals surface area contributed by atoms with Crippen LogP contribution in [0.2, 0.25) is 0 Å². The average Bonchev–Trinajstić information content (AvgIpc) is 2.83. The van der Waals surface area contributed by atoms with E-state index in [-0.39, 0.29) is 0 Å². The third-order valence-corrected chi connectivity index (χ3v) is 5.95. The zero-order valence-corrected chi connectivity index (χ0v) is 14.3. The number of aromatic nitrogens is 1. The summed E-state index contributed by atoms with van der Waals surface area (Å²) in [4.78, 5) is 2.64. The van der Waals surface area contributed by atoms with E-state index < -0.39 is 10.0 Å². The molecule has 0 saturated carbocycles. The number of hydrogen-bond acceptors (Lipinski definition) is 5. The van der Waals surface area contributed by atoms with Crippen molar-refractivity contribution in [1.82, 2.24) is 19.5 Å². The number of sulfonamides is 1. The normalized spacial score (nSPS) is 17.2. The minimum atomic E-state index is -3.41. The molecule has 0 amide bonds. The van der Waals surface area contributed by atoms with E-state index in [0.717, 1.165) is 36.8 Å². The molecular formula is C13H24N4O2S2. The Balaban J connectivity index is 1.90. The SMILES string of the molecule is CNCc1cc(S(=O)(=O)NCCN2CCSCC2)cn1C. The highest BCUT2D eigenvalue weighted by molar-refractivity contribution is 7.99. The van der Waals surface area contributed by atoms with Gasteiger partial charge >= 0.3 is 0 Å². The summed E-state index contributed by atoms with van der Waals surface area (Å²) in [5.74, 6) is 2.28. The smallest absolute Gasteiger partial charge is 0.242 e. The van der Waals surface area contributed by atoms with Crippen LogP contribution in [0, 0.1) is 0 Å². The fourth-order valence-electron chi connectivity index (χ4n) is 2.33. The van der Waals surface area contributed by atoms with Crippen LogP contribution in [0.25, 0.3) is 0 Å². The highest BCUT2D eigenvalue weighted by atomic mass is 32.2. The zero-order chi connectivity index (χ0) is 15.3. The Bertz CT molecular complexity index is 551. The molecule has 0 atom stereocenters. The van der Waals surface area contributed by atoms with Crippen LogP contribution < -0.4 is 10.0 Å². The zero-order valence-electron chi connectivity index (χ0n) is 12.6. The van der Waals surface area contributed by atoms with Crippen LogP contribution in [0.3, 0.4) is 0 Å². The van der Waals surface area contributed by atoms with Crippen molar-refractivity contribution in [2.45, 2.75) is 11.4 Å². The minimum Gasteiger partial charge on any atom is -0.352 e. The monoisotopic (exact) mass is 332 g/mol. The number of hydrogen-bond donors (Lipinski definition) is 2.